The average Bonchev–Trinajstić information content (AvgIpc) is 2.39. The Balaban J connectivity index is 1.85. The van der Waals surface area contributed by atoms with Gasteiger partial charge in [-0.2, -0.15) is 0 Å². The number of anilines is 1. The Morgan fingerprint density at radius 1 is 1.35 bits per heavy atom. The summed E-state index contributed by atoms with van der Waals surface area (Å²) < 4.78 is 0. The molecule has 1 aliphatic rings. The van der Waals surface area contributed by atoms with Crippen LogP contribution in [-0.2, 0) is 6.54 Å². The fourth-order valence-corrected chi connectivity index (χ4v) is 2.59. The first kappa shape index (κ1) is 15.3. The predicted molar refractivity (Wildman–Crippen MR) is 86.0 cm³/mol. The van der Waals surface area contributed by atoms with Gasteiger partial charge in [0.15, 0.2) is 0 Å². The smallest absolute Gasteiger partial charge is 0.128 e. The monoisotopic (exact) mass is 275 g/mol. The van der Waals surface area contributed by atoms with Gasteiger partial charge in [0, 0.05) is 25.8 Å². The number of aromatic nitrogens is 1. The minimum atomic E-state index is 0.695. The average molecular weight is 275 g/mol. The molecule has 20 heavy (non-hydrogen) atoms. The Hall–Kier alpha value is -1.09. The van der Waals surface area contributed by atoms with Crippen LogP contribution >= 0.6 is 0 Å². The van der Waals surface area contributed by atoms with Crippen LogP contribution in [0.2, 0.25) is 0 Å². The molecule has 1 aromatic heterocycles. The Labute approximate surface area is 123 Å². The topological polar surface area (TPSA) is 28.2 Å². The molecule has 0 atom stereocenters. The van der Waals surface area contributed by atoms with Crippen molar-refractivity contribution < 1.29 is 0 Å². The van der Waals surface area contributed by atoms with E-state index in [-0.39, 0.29) is 0 Å². The van der Waals surface area contributed by atoms with Crippen LogP contribution in [0.5, 0.6) is 0 Å². The summed E-state index contributed by atoms with van der Waals surface area (Å²) in [5.41, 5.74) is 1.27. The Bertz CT molecular complexity index is 382. The summed E-state index contributed by atoms with van der Waals surface area (Å²) in [6.45, 7) is 10.9. The molecule has 1 aromatic rings. The van der Waals surface area contributed by atoms with Crippen molar-refractivity contribution in [1.29, 1.82) is 0 Å². The molecule has 1 N–H and O–H groups in total. The van der Waals surface area contributed by atoms with Gasteiger partial charge in [-0.25, -0.2) is 4.98 Å². The third-order valence-corrected chi connectivity index (χ3v) is 4.10. The summed E-state index contributed by atoms with van der Waals surface area (Å²) >= 11 is 0. The molecule has 0 unspecified atom stereocenters. The van der Waals surface area contributed by atoms with E-state index >= 15 is 0 Å². The highest BCUT2D eigenvalue weighted by molar-refractivity contribution is 5.39. The maximum absolute atomic E-state index is 4.64. The quantitative estimate of drug-likeness (QED) is 0.787. The van der Waals surface area contributed by atoms with Crippen LogP contribution in [0.25, 0.3) is 0 Å². The van der Waals surface area contributed by atoms with Gasteiger partial charge in [0.05, 0.1) is 0 Å². The van der Waals surface area contributed by atoms with E-state index in [1.165, 1.54) is 31.4 Å². The normalized spacial score (nSPS) is 15.4. The zero-order chi connectivity index (χ0) is 14.4. The van der Waals surface area contributed by atoms with Gasteiger partial charge < -0.3 is 10.2 Å². The van der Waals surface area contributed by atoms with Crippen LogP contribution in [0.15, 0.2) is 18.3 Å². The lowest BCUT2D eigenvalue weighted by atomic mass is 9.85. The largest absolute Gasteiger partial charge is 0.357 e. The number of hydrogen-bond donors (Lipinski definition) is 1. The summed E-state index contributed by atoms with van der Waals surface area (Å²) in [4.78, 5) is 7.06. The second-order valence-corrected chi connectivity index (χ2v) is 6.38. The van der Waals surface area contributed by atoms with Crippen molar-refractivity contribution in [3.8, 4) is 0 Å². The molecule has 0 amide bonds. The lowest BCUT2D eigenvalue weighted by Gasteiger charge is -2.32. The van der Waals surface area contributed by atoms with E-state index < -0.39 is 0 Å². The number of rotatable bonds is 8. The van der Waals surface area contributed by atoms with Gasteiger partial charge in [-0.3, -0.25) is 0 Å². The molecular weight excluding hydrogens is 246 g/mol. The highest BCUT2D eigenvalue weighted by Gasteiger charge is 2.20. The zero-order valence-corrected chi connectivity index (χ0v) is 13.2. The molecule has 0 aliphatic heterocycles. The zero-order valence-electron chi connectivity index (χ0n) is 13.2. The van der Waals surface area contributed by atoms with Gasteiger partial charge in [-0.15, -0.1) is 0 Å². The lowest BCUT2D eigenvalue weighted by molar-refractivity contribution is 0.318. The van der Waals surface area contributed by atoms with Crippen molar-refractivity contribution in [3.63, 3.8) is 0 Å². The molecule has 0 spiro atoms. The van der Waals surface area contributed by atoms with Crippen molar-refractivity contribution in [1.82, 2.24) is 10.3 Å². The van der Waals surface area contributed by atoms with Crippen LogP contribution in [0.1, 0.15) is 45.6 Å². The van der Waals surface area contributed by atoms with Crippen molar-refractivity contribution in [2.45, 2.75) is 46.6 Å². The van der Waals surface area contributed by atoms with Crippen LogP contribution < -0.4 is 10.2 Å². The maximum atomic E-state index is 4.64. The van der Waals surface area contributed by atoms with E-state index in [0.717, 1.165) is 31.4 Å². The van der Waals surface area contributed by atoms with Gasteiger partial charge in [0.1, 0.15) is 5.82 Å². The van der Waals surface area contributed by atoms with Gasteiger partial charge in [0.25, 0.3) is 0 Å². The van der Waals surface area contributed by atoms with Gasteiger partial charge in [-0.05, 0) is 49.8 Å². The fraction of sp³-hybridized carbons (Fsp3) is 0.706. The molecule has 0 aromatic carbocycles. The van der Waals surface area contributed by atoms with Crippen LogP contribution in [-0.4, -0.2) is 24.6 Å². The van der Waals surface area contributed by atoms with Crippen LogP contribution in [0, 0.1) is 11.8 Å². The molecule has 3 nitrogen and oxygen atoms in total. The number of pyridine rings is 1. The second-order valence-electron chi connectivity index (χ2n) is 6.38. The Morgan fingerprint density at radius 2 is 2.15 bits per heavy atom. The van der Waals surface area contributed by atoms with Crippen molar-refractivity contribution in [3.05, 3.63) is 23.9 Å². The van der Waals surface area contributed by atoms with E-state index in [1.807, 2.05) is 6.20 Å². The molecule has 1 fully saturated rings. The first-order chi connectivity index (χ1) is 9.69. The van der Waals surface area contributed by atoms with E-state index in [1.54, 1.807) is 0 Å². The van der Waals surface area contributed by atoms with Crippen molar-refractivity contribution >= 4 is 5.82 Å². The molecule has 2 rings (SSSR count). The minimum Gasteiger partial charge on any atom is -0.357 e. The molecule has 0 saturated heterocycles. The van der Waals surface area contributed by atoms with Gasteiger partial charge >= 0.3 is 0 Å². The molecule has 0 radical (unpaired) electrons. The summed E-state index contributed by atoms with van der Waals surface area (Å²) in [6, 6.07) is 4.38. The van der Waals surface area contributed by atoms with Crippen LogP contribution in [0.3, 0.4) is 0 Å². The molecule has 112 valence electrons. The van der Waals surface area contributed by atoms with Crippen molar-refractivity contribution in [2.24, 2.45) is 11.8 Å². The van der Waals surface area contributed by atoms with E-state index in [4.69, 9.17) is 0 Å². The summed E-state index contributed by atoms with van der Waals surface area (Å²) in [7, 11) is 0. The standard InChI is InChI=1S/C17H29N3/c1-4-20(13-15-6-5-7-15)17-9-8-16(12-19-17)11-18-10-14(2)3/h8-9,12,14-15,18H,4-7,10-11,13H2,1-3H3. The number of hydrogen-bond acceptors (Lipinski definition) is 3. The highest BCUT2D eigenvalue weighted by Crippen LogP contribution is 2.28. The summed E-state index contributed by atoms with van der Waals surface area (Å²) in [6.07, 6.45) is 6.23. The van der Waals surface area contributed by atoms with E-state index in [2.05, 4.69) is 48.1 Å². The SMILES string of the molecule is CCN(CC1CCC1)c1ccc(CNCC(C)C)cn1. The van der Waals surface area contributed by atoms with E-state index in [0.29, 0.717) is 5.92 Å². The molecule has 1 heterocycles. The highest BCUT2D eigenvalue weighted by atomic mass is 15.2. The molecule has 0 bridgehead atoms. The predicted octanol–water partition coefficient (Wildman–Crippen LogP) is 3.45. The Morgan fingerprint density at radius 3 is 2.65 bits per heavy atom. The Kier molecular flexibility index (Phi) is 5.84. The van der Waals surface area contributed by atoms with E-state index in [9.17, 15) is 0 Å². The lowest BCUT2D eigenvalue weighted by Crippen LogP contribution is -2.33. The summed E-state index contributed by atoms with van der Waals surface area (Å²) in [5.74, 6) is 2.72. The maximum Gasteiger partial charge on any atom is 0.128 e. The van der Waals surface area contributed by atoms with Gasteiger partial charge in [-0.1, -0.05) is 26.3 Å². The van der Waals surface area contributed by atoms with Crippen LogP contribution in [0.4, 0.5) is 5.82 Å². The molecule has 3 heteroatoms. The third-order valence-electron chi connectivity index (χ3n) is 4.10. The fourth-order valence-electron chi connectivity index (χ4n) is 2.59. The molecule has 1 aliphatic carbocycles. The first-order valence-electron chi connectivity index (χ1n) is 8.09. The third kappa shape index (κ3) is 4.48. The number of nitrogens with zero attached hydrogens (tertiary/aromatic N) is 2. The minimum absolute atomic E-state index is 0.695. The van der Waals surface area contributed by atoms with Crippen molar-refractivity contribution in [2.75, 3.05) is 24.5 Å². The first-order valence-corrected chi connectivity index (χ1v) is 8.09. The molecular formula is C17H29N3. The number of nitrogens with one attached hydrogen (secondary N) is 1. The summed E-state index contributed by atoms with van der Waals surface area (Å²) in [5, 5.41) is 3.46. The molecule has 1 saturated carbocycles. The van der Waals surface area contributed by atoms with Gasteiger partial charge in [0.2, 0.25) is 0 Å². The second kappa shape index (κ2) is 7.63.